The molecule has 0 aliphatic rings. The second kappa shape index (κ2) is 6.95. The van der Waals surface area contributed by atoms with E-state index in [1.54, 1.807) is 30.3 Å². The van der Waals surface area contributed by atoms with Crippen LogP contribution in [0.1, 0.15) is 5.69 Å². The fourth-order valence-electron chi connectivity index (χ4n) is 2.84. The maximum atomic E-state index is 13.7. The Labute approximate surface area is 160 Å². The lowest BCUT2D eigenvalue weighted by Gasteiger charge is -2.17. The largest absolute Gasteiger partial charge is 0.437 e. The Balaban J connectivity index is 2.32. The molecule has 148 valence electrons. The number of sulfonamides is 1. The first-order valence-corrected chi connectivity index (χ1v) is 9.61. The van der Waals surface area contributed by atoms with Crippen molar-refractivity contribution in [1.29, 1.82) is 0 Å². The number of primary sulfonamides is 1. The van der Waals surface area contributed by atoms with Gasteiger partial charge in [-0.2, -0.15) is 18.3 Å². The van der Waals surface area contributed by atoms with Gasteiger partial charge in [-0.3, -0.25) is 0 Å². The fourth-order valence-corrected chi connectivity index (χ4v) is 3.36. The lowest BCUT2D eigenvalue weighted by atomic mass is 10.1. The quantitative estimate of drug-likeness (QED) is 0.716. The first-order chi connectivity index (χ1) is 13.0. The molecule has 0 saturated heterocycles. The van der Waals surface area contributed by atoms with Crippen molar-refractivity contribution in [2.75, 3.05) is 19.0 Å². The van der Waals surface area contributed by atoms with Crippen LogP contribution < -0.4 is 10.0 Å². The average Bonchev–Trinajstić information content (AvgIpc) is 3.03. The Morgan fingerprint density at radius 1 is 1.00 bits per heavy atom. The van der Waals surface area contributed by atoms with Gasteiger partial charge in [-0.25, -0.2) is 18.2 Å². The minimum Gasteiger partial charge on any atom is -0.374 e. The molecule has 0 saturated carbocycles. The second-order valence-electron chi connectivity index (χ2n) is 6.25. The van der Waals surface area contributed by atoms with Gasteiger partial charge in [-0.05, 0) is 24.3 Å². The average molecular weight is 410 g/mol. The highest BCUT2D eigenvalue weighted by molar-refractivity contribution is 7.89. The minimum atomic E-state index is -4.67. The van der Waals surface area contributed by atoms with Crippen LogP contribution in [0.5, 0.6) is 0 Å². The van der Waals surface area contributed by atoms with Crippen molar-refractivity contribution in [3.63, 3.8) is 0 Å². The van der Waals surface area contributed by atoms with E-state index in [0.29, 0.717) is 5.56 Å². The number of alkyl halides is 3. The highest BCUT2D eigenvalue weighted by atomic mass is 32.2. The summed E-state index contributed by atoms with van der Waals surface area (Å²) in [7, 11) is -0.907. The number of nitrogens with zero attached hydrogens (tertiary/aromatic N) is 3. The summed E-state index contributed by atoms with van der Waals surface area (Å²) >= 11 is 0. The molecule has 3 aromatic rings. The van der Waals surface area contributed by atoms with E-state index in [1.165, 1.54) is 43.3 Å². The molecule has 2 N–H and O–H groups in total. The summed E-state index contributed by atoms with van der Waals surface area (Å²) in [6.45, 7) is 0. The van der Waals surface area contributed by atoms with Crippen molar-refractivity contribution in [3.05, 3.63) is 60.3 Å². The summed E-state index contributed by atoms with van der Waals surface area (Å²) in [6, 6.07) is 13.7. The fraction of sp³-hybridized carbons (Fsp3) is 0.167. The zero-order valence-corrected chi connectivity index (χ0v) is 15.8. The minimum absolute atomic E-state index is 0.0887. The SMILES string of the molecule is CN(C)c1c(C(F)(F)F)nn(-c2ccc(S(N)(=O)=O)cc2)c1-c1ccccc1. The van der Waals surface area contributed by atoms with Gasteiger partial charge >= 0.3 is 6.18 Å². The van der Waals surface area contributed by atoms with E-state index in [1.807, 2.05) is 0 Å². The van der Waals surface area contributed by atoms with Gasteiger partial charge in [0.05, 0.1) is 22.0 Å². The highest BCUT2D eigenvalue weighted by Crippen LogP contribution is 2.42. The van der Waals surface area contributed by atoms with Gasteiger partial charge in [-0.15, -0.1) is 0 Å². The van der Waals surface area contributed by atoms with E-state index in [2.05, 4.69) is 5.10 Å². The van der Waals surface area contributed by atoms with Crippen molar-refractivity contribution in [1.82, 2.24) is 9.78 Å². The molecule has 3 rings (SSSR count). The third-order valence-corrected chi connectivity index (χ3v) is 4.96. The molecule has 0 aliphatic carbocycles. The summed E-state index contributed by atoms with van der Waals surface area (Å²) in [6.07, 6.45) is -4.67. The molecule has 0 radical (unpaired) electrons. The Morgan fingerprint density at radius 2 is 1.57 bits per heavy atom. The zero-order valence-electron chi connectivity index (χ0n) is 15.0. The van der Waals surface area contributed by atoms with Crippen LogP contribution in [0.3, 0.4) is 0 Å². The number of hydrogen-bond acceptors (Lipinski definition) is 4. The number of benzene rings is 2. The highest BCUT2D eigenvalue weighted by Gasteiger charge is 2.40. The van der Waals surface area contributed by atoms with Crippen molar-refractivity contribution in [2.45, 2.75) is 11.1 Å². The monoisotopic (exact) mass is 410 g/mol. The first kappa shape index (κ1) is 19.9. The summed E-state index contributed by atoms with van der Waals surface area (Å²) < 4.78 is 65.0. The molecule has 28 heavy (non-hydrogen) atoms. The molecular formula is C18H17F3N4O2S. The molecule has 1 heterocycles. The van der Waals surface area contributed by atoms with Crippen LogP contribution in [0.4, 0.5) is 18.9 Å². The Hall–Kier alpha value is -2.85. The van der Waals surface area contributed by atoms with Gasteiger partial charge < -0.3 is 4.90 Å². The number of nitrogens with two attached hydrogens (primary N) is 1. The van der Waals surface area contributed by atoms with Gasteiger partial charge in [0.15, 0.2) is 5.69 Å². The van der Waals surface area contributed by atoms with Gasteiger partial charge in [-0.1, -0.05) is 30.3 Å². The van der Waals surface area contributed by atoms with E-state index in [-0.39, 0.29) is 22.0 Å². The normalized spacial score (nSPS) is 12.2. The lowest BCUT2D eigenvalue weighted by Crippen LogP contribution is -2.16. The van der Waals surface area contributed by atoms with E-state index in [0.717, 1.165) is 4.68 Å². The molecule has 0 amide bonds. The van der Waals surface area contributed by atoms with Gasteiger partial charge in [0.1, 0.15) is 0 Å². The maximum absolute atomic E-state index is 13.7. The van der Waals surface area contributed by atoms with Gasteiger partial charge in [0.2, 0.25) is 10.0 Å². The van der Waals surface area contributed by atoms with Crippen LogP contribution in [0.2, 0.25) is 0 Å². The van der Waals surface area contributed by atoms with Crippen molar-refractivity contribution < 1.29 is 21.6 Å². The number of halogens is 3. The van der Waals surface area contributed by atoms with Crippen LogP contribution in [-0.4, -0.2) is 32.3 Å². The Morgan fingerprint density at radius 3 is 2.04 bits per heavy atom. The molecule has 0 spiro atoms. The Bertz CT molecular complexity index is 1090. The molecule has 0 atom stereocenters. The molecule has 0 fully saturated rings. The molecule has 0 bridgehead atoms. The van der Waals surface area contributed by atoms with E-state index in [4.69, 9.17) is 5.14 Å². The maximum Gasteiger partial charge on any atom is 0.437 e. The number of anilines is 1. The van der Waals surface area contributed by atoms with Gasteiger partial charge in [0, 0.05) is 19.7 Å². The third kappa shape index (κ3) is 3.73. The standard InChI is InChI=1S/C18H17F3N4O2S/c1-24(2)16-15(12-6-4-3-5-7-12)25(23-17(16)18(19,20)21)13-8-10-14(11-9-13)28(22,26)27/h3-11H,1-2H3,(H2,22,26,27). The molecule has 1 aromatic heterocycles. The van der Waals surface area contributed by atoms with Crippen LogP contribution in [0, 0.1) is 0 Å². The Kier molecular flexibility index (Phi) is 4.94. The summed E-state index contributed by atoms with van der Waals surface area (Å²) in [5, 5.41) is 8.90. The topological polar surface area (TPSA) is 81.2 Å². The van der Waals surface area contributed by atoms with Gasteiger partial charge in [0.25, 0.3) is 0 Å². The summed E-state index contributed by atoms with van der Waals surface area (Å²) in [5.74, 6) is 0. The molecule has 2 aromatic carbocycles. The second-order valence-corrected chi connectivity index (χ2v) is 7.82. The molecule has 6 nitrogen and oxygen atoms in total. The van der Waals surface area contributed by atoms with E-state index < -0.39 is 21.9 Å². The molecular weight excluding hydrogens is 393 g/mol. The van der Waals surface area contributed by atoms with E-state index in [9.17, 15) is 21.6 Å². The zero-order chi connectivity index (χ0) is 20.7. The number of hydrogen-bond donors (Lipinski definition) is 1. The molecule has 10 heteroatoms. The predicted molar refractivity (Wildman–Crippen MR) is 99.7 cm³/mol. The van der Waals surface area contributed by atoms with Crippen molar-refractivity contribution >= 4 is 15.7 Å². The molecule has 0 unspecified atom stereocenters. The smallest absolute Gasteiger partial charge is 0.374 e. The first-order valence-electron chi connectivity index (χ1n) is 8.06. The molecule has 0 aliphatic heterocycles. The van der Waals surface area contributed by atoms with E-state index >= 15 is 0 Å². The number of aromatic nitrogens is 2. The third-order valence-electron chi connectivity index (χ3n) is 4.03. The lowest BCUT2D eigenvalue weighted by molar-refractivity contribution is -0.140. The van der Waals surface area contributed by atoms with Crippen molar-refractivity contribution in [2.24, 2.45) is 5.14 Å². The number of rotatable bonds is 4. The van der Waals surface area contributed by atoms with Crippen LogP contribution >= 0.6 is 0 Å². The van der Waals surface area contributed by atoms with Crippen LogP contribution in [0.25, 0.3) is 16.9 Å². The van der Waals surface area contributed by atoms with Crippen LogP contribution in [0.15, 0.2) is 59.5 Å². The summed E-state index contributed by atoms with van der Waals surface area (Å²) in [5.41, 5.74) is -0.0862. The predicted octanol–water partition coefficient (Wildman–Crippen LogP) is 3.27. The van der Waals surface area contributed by atoms with Crippen molar-refractivity contribution in [3.8, 4) is 16.9 Å². The summed E-state index contributed by atoms with van der Waals surface area (Å²) in [4.78, 5) is 1.21. The van der Waals surface area contributed by atoms with Crippen LogP contribution in [-0.2, 0) is 16.2 Å².